The molecule has 1 saturated carbocycles. The lowest BCUT2D eigenvalue weighted by Crippen LogP contribution is -2.48. The molecular formula is C20H31BrN2O. The number of nitrogens with zero attached hydrogens (tertiary/aromatic N) is 2. The minimum atomic E-state index is 0. The summed E-state index contributed by atoms with van der Waals surface area (Å²) >= 11 is 0. The average Bonchev–Trinajstić information content (AvgIpc) is 2.70. The molecule has 1 saturated heterocycles. The van der Waals surface area contributed by atoms with Gasteiger partial charge in [0.2, 0.25) is 0 Å². The molecule has 3 nitrogen and oxygen atoms in total. The second-order valence-corrected chi connectivity index (χ2v) is 7.09. The molecule has 1 aliphatic heterocycles. The Morgan fingerprint density at radius 1 is 0.875 bits per heavy atom. The number of ketones is 1. The third kappa shape index (κ3) is 5.59. The smallest absolute Gasteiger partial charge is 0.137 e. The molecule has 0 spiro atoms. The van der Waals surface area contributed by atoms with E-state index in [4.69, 9.17) is 0 Å². The van der Waals surface area contributed by atoms with Crippen LogP contribution in [0.5, 0.6) is 0 Å². The number of hydrogen-bond acceptors (Lipinski definition) is 3. The third-order valence-corrected chi connectivity index (χ3v) is 5.40. The number of Topliss-reactive ketones (excluding diaryl/α,β-unsaturated/α-hetero) is 1. The summed E-state index contributed by atoms with van der Waals surface area (Å²) < 4.78 is 0. The van der Waals surface area contributed by atoms with E-state index in [0.29, 0.717) is 5.78 Å². The van der Waals surface area contributed by atoms with Gasteiger partial charge in [-0.2, -0.15) is 0 Å². The number of hydrogen-bond donors (Lipinski definition) is 0. The summed E-state index contributed by atoms with van der Waals surface area (Å²) in [6.45, 7) is 5.30. The molecule has 24 heavy (non-hydrogen) atoms. The third-order valence-electron chi connectivity index (χ3n) is 5.40. The van der Waals surface area contributed by atoms with Gasteiger partial charge in [0.15, 0.2) is 0 Å². The Morgan fingerprint density at radius 3 is 2.29 bits per heavy atom. The zero-order chi connectivity index (χ0) is 15.9. The maximum Gasteiger partial charge on any atom is 0.137 e. The minimum absolute atomic E-state index is 0. The van der Waals surface area contributed by atoms with Crippen LogP contribution in [-0.4, -0.2) is 43.4 Å². The number of rotatable bonds is 3. The van der Waals surface area contributed by atoms with E-state index in [1.165, 1.54) is 31.4 Å². The molecule has 4 heteroatoms. The van der Waals surface area contributed by atoms with Crippen LogP contribution in [0.25, 0.3) is 0 Å². The van der Waals surface area contributed by atoms with Crippen molar-refractivity contribution in [3.8, 4) is 0 Å². The van der Waals surface area contributed by atoms with Crippen molar-refractivity contribution in [1.29, 1.82) is 0 Å². The number of carbonyl (C=O) groups is 1. The van der Waals surface area contributed by atoms with Crippen molar-refractivity contribution in [3.05, 3.63) is 30.3 Å². The lowest BCUT2D eigenvalue weighted by Gasteiger charge is -2.37. The van der Waals surface area contributed by atoms with Gasteiger partial charge in [0.05, 0.1) is 0 Å². The summed E-state index contributed by atoms with van der Waals surface area (Å²) in [4.78, 5) is 17.4. The zero-order valence-electron chi connectivity index (χ0n) is 14.7. The lowest BCUT2D eigenvalue weighted by molar-refractivity contribution is -0.123. The van der Waals surface area contributed by atoms with Crippen LogP contribution >= 0.6 is 17.0 Å². The molecule has 2 aliphatic rings. The van der Waals surface area contributed by atoms with E-state index in [2.05, 4.69) is 40.1 Å². The number of halogens is 1. The van der Waals surface area contributed by atoms with Crippen molar-refractivity contribution in [1.82, 2.24) is 4.90 Å². The summed E-state index contributed by atoms with van der Waals surface area (Å²) in [5, 5.41) is 0. The monoisotopic (exact) mass is 394 g/mol. The van der Waals surface area contributed by atoms with Gasteiger partial charge in [0.1, 0.15) is 5.78 Å². The molecule has 1 atom stereocenters. The fourth-order valence-electron chi connectivity index (χ4n) is 3.92. The van der Waals surface area contributed by atoms with Gasteiger partial charge in [-0.3, -0.25) is 9.69 Å². The lowest BCUT2D eigenvalue weighted by atomic mass is 9.94. The topological polar surface area (TPSA) is 23.6 Å². The molecule has 0 N–H and O–H groups in total. The highest BCUT2D eigenvalue weighted by Crippen LogP contribution is 2.22. The van der Waals surface area contributed by atoms with Crippen LogP contribution in [-0.2, 0) is 4.79 Å². The van der Waals surface area contributed by atoms with E-state index < -0.39 is 0 Å². The molecule has 0 aromatic heterocycles. The summed E-state index contributed by atoms with van der Waals surface area (Å²) in [5.41, 5.74) is 1.32. The fourth-order valence-corrected chi connectivity index (χ4v) is 3.92. The summed E-state index contributed by atoms with van der Waals surface area (Å²) in [7, 11) is 0. The van der Waals surface area contributed by atoms with E-state index in [1.807, 2.05) is 0 Å². The maximum absolute atomic E-state index is 12.4. The molecule has 1 aliphatic carbocycles. The number of anilines is 1. The van der Waals surface area contributed by atoms with Gasteiger partial charge in [-0.25, -0.2) is 0 Å². The van der Waals surface area contributed by atoms with Crippen molar-refractivity contribution in [2.75, 3.05) is 37.6 Å². The molecule has 1 aromatic carbocycles. The Labute approximate surface area is 157 Å². The Morgan fingerprint density at radius 2 is 1.54 bits per heavy atom. The summed E-state index contributed by atoms with van der Waals surface area (Å²) in [6.07, 6.45) is 8.14. The van der Waals surface area contributed by atoms with Crippen LogP contribution < -0.4 is 4.90 Å². The van der Waals surface area contributed by atoms with Gasteiger partial charge in [-0.15, -0.1) is 17.0 Å². The van der Waals surface area contributed by atoms with Crippen LogP contribution in [0.3, 0.4) is 0 Å². The molecule has 3 rings (SSSR count). The zero-order valence-corrected chi connectivity index (χ0v) is 16.4. The Bertz CT molecular complexity index is 486. The van der Waals surface area contributed by atoms with Crippen LogP contribution in [0.1, 0.15) is 44.9 Å². The van der Waals surface area contributed by atoms with E-state index in [0.717, 1.165) is 52.0 Å². The molecule has 1 unspecified atom stereocenters. The number of para-hydroxylation sites is 1. The van der Waals surface area contributed by atoms with Crippen LogP contribution in [0.2, 0.25) is 0 Å². The van der Waals surface area contributed by atoms with E-state index in [-0.39, 0.29) is 22.9 Å². The fraction of sp³-hybridized carbons (Fsp3) is 0.650. The van der Waals surface area contributed by atoms with Crippen LogP contribution in [0, 0.1) is 5.92 Å². The first-order chi connectivity index (χ1) is 11.3. The summed E-state index contributed by atoms with van der Waals surface area (Å²) in [6, 6.07) is 10.7. The second kappa shape index (κ2) is 10.2. The van der Waals surface area contributed by atoms with Gasteiger partial charge >= 0.3 is 0 Å². The molecule has 134 valence electrons. The first kappa shape index (κ1) is 19.5. The number of carbonyl (C=O) groups excluding carboxylic acids is 1. The number of piperazine rings is 1. The highest BCUT2D eigenvalue weighted by atomic mass is 79.9. The molecule has 0 bridgehead atoms. The summed E-state index contributed by atoms with van der Waals surface area (Å²) in [5.74, 6) is 0.814. The van der Waals surface area contributed by atoms with Gasteiger partial charge < -0.3 is 4.90 Å². The molecule has 1 aromatic rings. The number of benzene rings is 1. The van der Waals surface area contributed by atoms with E-state index in [9.17, 15) is 4.79 Å². The molecule has 2 fully saturated rings. The first-order valence-electron chi connectivity index (χ1n) is 9.38. The Balaban J connectivity index is 0.00000208. The van der Waals surface area contributed by atoms with E-state index in [1.54, 1.807) is 0 Å². The Hall–Kier alpha value is -0.870. The SMILES string of the molecule is Br.O=C1CCCCCCCC1CN1CCN(c2ccccc2)CC1. The predicted octanol–water partition coefficient (Wildman–Crippen LogP) is 4.32. The van der Waals surface area contributed by atoms with Crippen LogP contribution in [0.4, 0.5) is 5.69 Å². The van der Waals surface area contributed by atoms with Crippen molar-refractivity contribution in [3.63, 3.8) is 0 Å². The van der Waals surface area contributed by atoms with Gasteiger partial charge in [-0.05, 0) is 25.0 Å². The largest absolute Gasteiger partial charge is 0.369 e. The van der Waals surface area contributed by atoms with E-state index >= 15 is 0 Å². The quantitative estimate of drug-likeness (QED) is 0.762. The van der Waals surface area contributed by atoms with Crippen molar-refractivity contribution >= 4 is 28.5 Å². The average molecular weight is 395 g/mol. The first-order valence-corrected chi connectivity index (χ1v) is 9.38. The highest BCUT2D eigenvalue weighted by molar-refractivity contribution is 8.93. The predicted molar refractivity (Wildman–Crippen MR) is 106 cm³/mol. The molecule has 0 amide bonds. The molecule has 0 radical (unpaired) electrons. The van der Waals surface area contributed by atoms with Crippen molar-refractivity contribution < 1.29 is 4.79 Å². The van der Waals surface area contributed by atoms with Crippen LogP contribution in [0.15, 0.2) is 30.3 Å². The maximum atomic E-state index is 12.4. The molecular weight excluding hydrogens is 364 g/mol. The standard InChI is InChI=1S/C20H30N2O.BrH/c23-20-12-8-3-1-2-5-9-18(20)17-21-13-15-22(16-14-21)19-10-6-4-7-11-19;/h4,6-7,10-11,18H,1-3,5,8-9,12-17H2;1H. The normalized spacial score (nSPS) is 23.8. The van der Waals surface area contributed by atoms with Gasteiger partial charge in [0.25, 0.3) is 0 Å². The molecule has 1 heterocycles. The Kier molecular flexibility index (Phi) is 8.26. The van der Waals surface area contributed by atoms with Gasteiger partial charge in [-0.1, -0.05) is 43.9 Å². The van der Waals surface area contributed by atoms with Gasteiger partial charge in [0, 0.05) is 50.7 Å². The highest BCUT2D eigenvalue weighted by Gasteiger charge is 2.24. The van der Waals surface area contributed by atoms with Crippen molar-refractivity contribution in [2.24, 2.45) is 5.92 Å². The second-order valence-electron chi connectivity index (χ2n) is 7.09. The van der Waals surface area contributed by atoms with Crippen molar-refractivity contribution in [2.45, 2.75) is 44.9 Å². The minimum Gasteiger partial charge on any atom is -0.369 e.